The topological polar surface area (TPSA) is 64.0 Å². The van der Waals surface area contributed by atoms with Gasteiger partial charge in [-0.2, -0.15) is 0 Å². The summed E-state index contributed by atoms with van der Waals surface area (Å²) in [6, 6.07) is 9.54. The summed E-state index contributed by atoms with van der Waals surface area (Å²) in [7, 11) is 0. The molecule has 1 aromatic carbocycles. The Morgan fingerprint density at radius 2 is 2.05 bits per heavy atom. The fraction of sp³-hybridized carbons (Fsp3) is 0.267. The van der Waals surface area contributed by atoms with Crippen molar-refractivity contribution in [3.63, 3.8) is 0 Å². The van der Waals surface area contributed by atoms with E-state index in [4.69, 9.17) is 0 Å². The van der Waals surface area contributed by atoms with Crippen LogP contribution in [-0.2, 0) is 17.8 Å². The van der Waals surface area contributed by atoms with E-state index in [1.807, 2.05) is 30.3 Å². The van der Waals surface area contributed by atoms with Gasteiger partial charge in [-0.1, -0.05) is 30.3 Å². The van der Waals surface area contributed by atoms with Crippen molar-refractivity contribution in [3.05, 3.63) is 64.3 Å². The van der Waals surface area contributed by atoms with Crippen molar-refractivity contribution in [2.24, 2.45) is 0 Å². The highest BCUT2D eigenvalue weighted by molar-refractivity contribution is 5.78. The monoisotopic (exact) mass is 271 g/mol. The Balaban J connectivity index is 1.83. The van der Waals surface area contributed by atoms with Gasteiger partial charge in [-0.3, -0.25) is 14.2 Å². The van der Waals surface area contributed by atoms with E-state index in [9.17, 15) is 9.59 Å². The van der Waals surface area contributed by atoms with Crippen LogP contribution in [0.3, 0.4) is 0 Å². The largest absolute Gasteiger partial charge is 0.354 e. The zero-order valence-electron chi connectivity index (χ0n) is 11.4. The lowest BCUT2D eigenvalue weighted by molar-refractivity contribution is -0.120. The molecule has 0 atom stereocenters. The summed E-state index contributed by atoms with van der Waals surface area (Å²) in [5.74, 6) is -0.0511. The molecule has 0 unspecified atom stereocenters. The summed E-state index contributed by atoms with van der Waals surface area (Å²) in [5, 5.41) is 2.80. The van der Waals surface area contributed by atoms with Crippen molar-refractivity contribution in [1.82, 2.24) is 14.9 Å². The van der Waals surface area contributed by atoms with Gasteiger partial charge < -0.3 is 5.32 Å². The molecular formula is C15H17N3O2. The highest BCUT2D eigenvalue weighted by atomic mass is 16.1. The van der Waals surface area contributed by atoms with Gasteiger partial charge in [0.05, 0.1) is 12.7 Å². The second-order valence-electron chi connectivity index (χ2n) is 4.59. The number of rotatable bonds is 5. The second-order valence-corrected chi connectivity index (χ2v) is 4.59. The van der Waals surface area contributed by atoms with Crippen LogP contribution in [0.5, 0.6) is 0 Å². The number of hydrogen-bond donors (Lipinski definition) is 1. The molecule has 5 nitrogen and oxygen atoms in total. The first-order chi connectivity index (χ1) is 9.66. The zero-order chi connectivity index (χ0) is 14.4. The molecule has 5 heteroatoms. The van der Waals surface area contributed by atoms with E-state index < -0.39 is 0 Å². The molecule has 2 rings (SSSR count). The van der Waals surface area contributed by atoms with Crippen LogP contribution < -0.4 is 10.9 Å². The van der Waals surface area contributed by atoms with Gasteiger partial charge in [0, 0.05) is 24.8 Å². The maximum absolute atomic E-state index is 11.7. The Hall–Kier alpha value is -2.43. The van der Waals surface area contributed by atoms with Crippen LogP contribution in [0.25, 0.3) is 0 Å². The Labute approximate surface area is 117 Å². The summed E-state index contributed by atoms with van der Waals surface area (Å²) >= 11 is 0. The lowest BCUT2D eigenvalue weighted by Crippen LogP contribution is -2.32. The van der Waals surface area contributed by atoms with E-state index >= 15 is 0 Å². The number of aromatic nitrogens is 2. The number of hydrogen-bond acceptors (Lipinski definition) is 3. The molecule has 1 amide bonds. The van der Waals surface area contributed by atoms with Crippen molar-refractivity contribution < 1.29 is 4.79 Å². The molecule has 0 radical (unpaired) electrons. The highest BCUT2D eigenvalue weighted by Crippen LogP contribution is 1.98. The average Bonchev–Trinajstić information content (AvgIpc) is 2.44. The Kier molecular flexibility index (Phi) is 4.65. The lowest BCUT2D eigenvalue weighted by atomic mass is 10.1. The van der Waals surface area contributed by atoms with Crippen LogP contribution in [-0.4, -0.2) is 22.0 Å². The standard InChI is InChI=1S/C15H17N3O2/c1-12-10-16-11-18(15(12)20)8-7-17-14(19)9-13-5-3-2-4-6-13/h2-6,10-11H,7-9H2,1H3,(H,17,19). The predicted octanol–water partition coefficient (Wildman–Crippen LogP) is 0.911. The first kappa shape index (κ1) is 14.0. The van der Waals surface area contributed by atoms with Gasteiger partial charge in [-0.15, -0.1) is 0 Å². The zero-order valence-corrected chi connectivity index (χ0v) is 11.4. The number of nitrogens with zero attached hydrogens (tertiary/aromatic N) is 2. The van der Waals surface area contributed by atoms with Crippen molar-refractivity contribution >= 4 is 5.91 Å². The summed E-state index contributed by atoms with van der Waals surface area (Å²) < 4.78 is 1.50. The fourth-order valence-electron chi connectivity index (χ4n) is 1.88. The van der Waals surface area contributed by atoms with Crippen molar-refractivity contribution in [2.75, 3.05) is 6.54 Å². The molecule has 1 heterocycles. The van der Waals surface area contributed by atoms with Gasteiger partial charge in [0.25, 0.3) is 5.56 Å². The maximum atomic E-state index is 11.7. The molecule has 0 saturated carbocycles. The highest BCUT2D eigenvalue weighted by Gasteiger charge is 2.03. The molecule has 0 bridgehead atoms. The third kappa shape index (κ3) is 3.78. The molecule has 0 saturated heterocycles. The number of benzene rings is 1. The number of amides is 1. The molecule has 0 fully saturated rings. The van der Waals surface area contributed by atoms with Crippen LogP contribution in [0, 0.1) is 6.92 Å². The molecule has 20 heavy (non-hydrogen) atoms. The number of nitrogens with one attached hydrogen (secondary N) is 1. The smallest absolute Gasteiger partial charge is 0.256 e. The van der Waals surface area contributed by atoms with E-state index in [2.05, 4.69) is 10.3 Å². The van der Waals surface area contributed by atoms with Gasteiger partial charge in [0.2, 0.25) is 5.91 Å². The molecule has 0 spiro atoms. The average molecular weight is 271 g/mol. The molecular weight excluding hydrogens is 254 g/mol. The van der Waals surface area contributed by atoms with Gasteiger partial charge in [0.15, 0.2) is 0 Å². The SMILES string of the molecule is Cc1cncn(CCNC(=O)Cc2ccccc2)c1=O. The maximum Gasteiger partial charge on any atom is 0.256 e. The fourth-order valence-corrected chi connectivity index (χ4v) is 1.88. The molecule has 0 aliphatic heterocycles. The van der Waals surface area contributed by atoms with E-state index in [-0.39, 0.29) is 11.5 Å². The van der Waals surface area contributed by atoms with E-state index in [0.717, 1.165) is 5.56 Å². The number of aryl methyl sites for hydroxylation is 1. The lowest BCUT2D eigenvalue weighted by Gasteiger charge is -2.07. The normalized spacial score (nSPS) is 10.2. The van der Waals surface area contributed by atoms with Gasteiger partial charge in [0.1, 0.15) is 0 Å². The summed E-state index contributed by atoms with van der Waals surface area (Å²) in [6.07, 6.45) is 3.37. The van der Waals surface area contributed by atoms with Crippen LogP contribution in [0.2, 0.25) is 0 Å². The summed E-state index contributed by atoms with van der Waals surface area (Å²) in [5.41, 5.74) is 1.50. The van der Waals surface area contributed by atoms with Crippen LogP contribution >= 0.6 is 0 Å². The van der Waals surface area contributed by atoms with E-state index in [1.54, 1.807) is 6.92 Å². The van der Waals surface area contributed by atoms with E-state index in [0.29, 0.717) is 25.1 Å². The third-order valence-electron chi connectivity index (χ3n) is 2.95. The number of carbonyl (C=O) groups is 1. The summed E-state index contributed by atoms with van der Waals surface area (Å²) in [6.45, 7) is 2.56. The molecule has 0 aliphatic rings. The summed E-state index contributed by atoms with van der Waals surface area (Å²) in [4.78, 5) is 27.4. The Morgan fingerprint density at radius 3 is 2.80 bits per heavy atom. The van der Waals surface area contributed by atoms with Gasteiger partial charge in [-0.25, -0.2) is 4.98 Å². The molecule has 2 aromatic rings. The van der Waals surface area contributed by atoms with Crippen LogP contribution in [0.1, 0.15) is 11.1 Å². The van der Waals surface area contributed by atoms with Gasteiger partial charge >= 0.3 is 0 Å². The molecule has 1 N–H and O–H groups in total. The second kappa shape index (κ2) is 6.65. The quantitative estimate of drug-likeness (QED) is 0.879. The Morgan fingerprint density at radius 1 is 1.30 bits per heavy atom. The van der Waals surface area contributed by atoms with Crippen molar-refractivity contribution in [2.45, 2.75) is 19.9 Å². The minimum Gasteiger partial charge on any atom is -0.354 e. The van der Waals surface area contributed by atoms with Gasteiger partial charge in [-0.05, 0) is 12.5 Å². The Bertz CT molecular complexity index is 635. The minimum atomic E-state index is -0.0719. The predicted molar refractivity (Wildman–Crippen MR) is 76.4 cm³/mol. The van der Waals surface area contributed by atoms with Crippen LogP contribution in [0.4, 0.5) is 0 Å². The minimum absolute atomic E-state index is 0.0511. The first-order valence-corrected chi connectivity index (χ1v) is 6.48. The molecule has 1 aromatic heterocycles. The third-order valence-corrected chi connectivity index (χ3v) is 2.95. The first-order valence-electron chi connectivity index (χ1n) is 6.48. The van der Waals surface area contributed by atoms with Crippen molar-refractivity contribution in [3.8, 4) is 0 Å². The number of carbonyl (C=O) groups excluding carboxylic acids is 1. The van der Waals surface area contributed by atoms with Crippen LogP contribution in [0.15, 0.2) is 47.7 Å². The molecule has 0 aliphatic carbocycles. The van der Waals surface area contributed by atoms with E-state index in [1.165, 1.54) is 17.1 Å². The van der Waals surface area contributed by atoms with Crippen molar-refractivity contribution in [1.29, 1.82) is 0 Å². The molecule has 104 valence electrons.